The first-order chi connectivity index (χ1) is 19.8. The third-order valence-electron chi connectivity index (χ3n) is 6.04. The summed E-state index contributed by atoms with van der Waals surface area (Å²) in [6, 6.07) is 0. The van der Waals surface area contributed by atoms with Gasteiger partial charge in [-0.25, -0.2) is 0 Å². The maximum atomic E-state index is 3.42. The molecule has 5 fully saturated rings. The highest BCUT2D eigenvalue weighted by molar-refractivity contribution is 4.97. The van der Waals surface area contributed by atoms with Crippen LogP contribution in [0.3, 0.4) is 0 Å². The predicted molar refractivity (Wildman–Crippen MR) is 204 cm³/mol. The number of hydrogen-bond acceptors (Lipinski definition) is 2. The average Bonchev–Trinajstić information content (AvgIpc) is 3.26. The lowest BCUT2D eigenvalue weighted by molar-refractivity contribution is 0.0603. The zero-order valence-electron chi connectivity index (χ0n) is 34.0. The summed E-state index contributed by atoms with van der Waals surface area (Å²) in [4.78, 5) is 0. The molecule has 1 spiro atoms. The Morgan fingerprint density at radius 2 is 0.628 bits per heavy atom. The molecule has 2 saturated heterocycles. The van der Waals surface area contributed by atoms with Gasteiger partial charge in [-0.1, -0.05) is 163 Å². The highest BCUT2D eigenvalue weighted by Crippen LogP contribution is 2.43. The van der Waals surface area contributed by atoms with E-state index in [4.69, 9.17) is 0 Å². The smallest absolute Gasteiger partial charge is 0.00202 e. The fraction of sp³-hybridized carbons (Fsp3) is 1.00. The van der Waals surface area contributed by atoms with E-state index in [-0.39, 0.29) is 0 Å². The number of fused-ring (bicyclic) bond motifs is 1. The Morgan fingerprint density at radius 1 is 0.372 bits per heavy atom. The maximum absolute atomic E-state index is 3.42. The van der Waals surface area contributed by atoms with Gasteiger partial charge in [-0.15, -0.1) is 0 Å². The quantitative estimate of drug-likeness (QED) is 0.284. The molecule has 2 atom stereocenters. The molecule has 2 nitrogen and oxygen atoms in total. The van der Waals surface area contributed by atoms with Crippen LogP contribution in [-0.4, -0.2) is 26.2 Å². The third-order valence-corrected chi connectivity index (χ3v) is 6.04. The molecule has 2 N–H and O–H groups in total. The molecule has 0 aromatic rings. The van der Waals surface area contributed by atoms with Crippen molar-refractivity contribution in [2.24, 2.45) is 52.8 Å². The van der Waals surface area contributed by atoms with Gasteiger partial charge < -0.3 is 10.6 Å². The van der Waals surface area contributed by atoms with E-state index in [1.165, 1.54) is 90.4 Å². The molecule has 0 amide bonds. The Labute approximate surface area is 277 Å². The standard InChI is InChI=1S/C7H13N.C6H11N.C4H8.6C4H10/c1-2-6-4-8-5-7(6)3-1;1-2-6(3-1)4-7-5-6;1-2-4-3-1;6*1-4(2)3/h6-8H,1-5H2;7H,1-5H2;1-4H2;6*4H,1-3H3. The molecule has 3 saturated carbocycles. The van der Waals surface area contributed by atoms with Gasteiger partial charge in [0.05, 0.1) is 0 Å². The van der Waals surface area contributed by atoms with Gasteiger partial charge in [-0.05, 0) is 91.5 Å². The van der Waals surface area contributed by atoms with Crippen LogP contribution in [0.5, 0.6) is 0 Å². The Bertz CT molecular complexity index is 391. The Balaban J connectivity index is -0.000000203. The normalized spacial score (nSPS) is 21.2. The summed E-state index contributed by atoms with van der Waals surface area (Å²) in [5.41, 5.74) is 0.833. The highest BCUT2D eigenvalue weighted by atomic mass is 15.0. The summed E-state index contributed by atoms with van der Waals surface area (Å²) in [6.07, 6.45) is 15.0. The van der Waals surface area contributed by atoms with Crippen LogP contribution in [-0.2, 0) is 0 Å². The van der Waals surface area contributed by atoms with Crippen molar-refractivity contribution in [2.75, 3.05) is 26.2 Å². The van der Waals surface area contributed by atoms with Gasteiger partial charge in [0.2, 0.25) is 0 Å². The van der Waals surface area contributed by atoms with Gasteiger partial charge in [0.15, 0.2) is 0 Å². The van der Waals surface area contributed by atoms with Crippen molar-refractivity contribution in [1.29, 1.82) is 0 Å². The molecule has 3 aliphatic carbocycles. The highest BCUT2D eigenvalue weighted by Gasteiger charge is 2.41. The second-order valence-corrected chi connectivity index (χ2v) is 17.9. The fourth-order valence-electron chi connectivity index (χ4n) is 3.86. The van der Waals surface area contributed by atoms with Crippen molar-refractivity contribution in [3.05, 3.63) is 0 Å². The van der Waals surface area contributed by atoms with Crippen molar-refractivity contribution in [2.45, 2.75) is 189 Å². The SMILES string of the molecule is C1CC2(C1)CNC2.C1CC2CNCC2C1.C1CCC1.CC(C)C.CC(C)C.CC(C)C.CC(C)C.CC(C)C.CC(C)C. The van der Waals surface area contributed by atoms with Crippen LogP contribution in [0.4, 0.5) is 0 Å². The summed E-state index contributed by atoms with van der Waals surface area (Å²) in [5, 5.41) is 6.73. The molecule has 2 aliphatic heterocycles. The first kappa shape index (κ1) is 49.8. The number of rotatable bonds is 0. The summed E-state index contributed by atoms with van der Waals surface area (Å²) in [5.74, 6) is 7.13. The summed E-state index contributed by atoms with van der Waals surface area (Å²) < 4.78 is 0. The van der Waals surface area contributed by atoms with Crippen LogP contribution in [0, 0.1) is 52.8 Å². The Morgan fingerprint density at radius 3 is 0.744 bits per heavy atom. The zero-order chi connectivity index (χ0) is 34.4. The van der Waals surface area contributed by atoms with E-state index in [0.29, 0.717) is 0 Å². The second-order valence-electron chi connectivity index (χ2n) is 17.9. The van der Waals surface area contributed by atoms with Gasteiger partial charge in [-0.3, -0.25) is 0 Å². The molecule has 0 bridgehead atoms. The average molecular weight is 613 g/mol. The van der Waals surface area contributed by atoms with Gasteiger partial charge in [0.25, 0.3) is 0 Å². The Kier molecular flexibility index (Phi) is 38.5. The minimum atomic E-state index is 0.833. The predicted octanol–water partition coefficient (Wildman–Crippen LogP) is 13.3. The monoisotopic (exact) mass is 613 g/mol. The summed E-state index contributed by atoms with van der Waals surface area (Å²) in [6.45, 7) is 44.2. The van der Waals surface area contributed by atoms with Crippen LogP contribution < -0.4 is 10.6 Å². The van der Waals surface area contributed by atoms with Crippen molar-refractivity contribution in [1.82, 2.24) is 10.6 Å². The van der Waals surface area contributed by atoms with E-state index in [2.05, 4.69) is 135 Å². The van der Waals surface area contributed by atoms with Crippen LogP contribution in [0.1, 0.15) is 189 Å². The first-order valence-corrected chi connectivity index (χ1v) is 19.2. The minimum absolute atomic E-state index is 0.833. The van der Waals surface area contributed by atoms with Crippen LogP contribution in [0.15, 0.2) is 0 Å². The van der Waals surface area contributed by atoms with E-state index in [1.807, 2.05) is 0 Å². The zero-order valence-corrected chi connectivity index (χ0v) is 34.0. The molecule has 2 heterocycles. The van der Waals surface area contributed by atoms with Crippen molar-refractivity contribution < 1.29 is 0 Å². The molecule has 0 aromatic heterocycles. The molecular formula is C41H92N2. The molecule has 5 rings (SSSR count). The largest absolute Gasteiger partial charge is 0.316 e. The van der Waals surface area contributed by atoms with Gasteiger partial charge in [-0.2, -0.15) is 0 Å². The molecule has 0 aromatic carbocycles. The third kappa shape index (κ3) is 51.8. The molecular weight excluding hydrogens is 520 g/mol. The minimum Gasteiger partial charge on any atom is -0.316 e. The molecule has 2 unspecified atom stereocenters. The molecule has 266 valence electrons. The second kappa shape index (κ2) is 33.3. The molecule has 2 heteroatoms. The van der Waals surface area contributed by atoms with Gasteiger partial charge in [0.1, 0.15) is 0 Å². The Hall–Kier alpha value is -0.0800. The lowest BCUT2D eigenvalue weighted by atomic mass is 9.65. The van der Waals surface area contributed by atoms with Gasteiger partial charge >= 0.3 is 0 Å². The molecule has 43 heavy (non-hydrogen) atoms. The van der Waals surface area contributed by atoms with Crippen LogP contribution in [0.2, 0.25) is 0 Å². The van der Waals surface area contributed by atoms with Crippen molar-refractivity contribution in [3.63, 3.8) is 0 Å². The molecule has 5 aliphatic rings. The van der Waals surface area contributed by atoms with E-state index in [9.17, 15) is 0 Å². The van der Waals surface area contributed by atoms with Crippen molar-refractivity contribution >= 4 is 0 Å². The summed E-state index contributed by atoms with van der Waals surface area (Å²) >= 11 is 0. The fourth-order valence-corrected chi connectivity index (χ4v) is 3.86. The van der Waals surface area contributed by atoms with E-state index in [1.54, 1.807) is 0 Å². The van der Waals surface area contributed by atoms with E-state index < -0.39 is 0 Å². The van der Waals surface area contributed by atoms with E-state index >= 15 is 0 Å². The molecule has 0 radical (unpaired) electrons. The topological polar surface area (TPSA) is 24.1 Å². The number of hydrogen-bond donors (Lipinski definition) is 2. The van der Waals surface area contributed by atoms with Crippen LogP contribution >= 0.6 is 0 Å². The van der Waals surface area contributed by atoms with E-state index in [0.717, 1.165) is 52.8 Å². The lowest BCUT2D eigenvalue weighted by Crippen LogP contribution is -2.57. The maximum Gasteiger partial charge on any atom is 0.00202 e. The van der Waals surface area contributed by atoms with Crippen molar-refractivity contribution in [3.8, 4) is 0 Å². The summed E-state index contributed by atoms with van der Waals surface area (Å²) in [7, 11) is 0. The first-order valence-electron chi connectivity index (χ1n) is 19.2. The lowest BCUT2D eigenvalue weighted by Gasteiger charge is -2.49. The van der Waals surface area contributed by atoms with Crippen LogP contribution in [0.25, 0.3) is 0 Å². The number of nitrogens with one attached hydrogen (secondary N) is 2. The van der Waals surface area contributed by atoms with Gasteiger partial charge in [0, 0.05) is 13.1 Å².